The molecule has 0 aliphatic rings. The fraction of sp³-hybridized carbons (Fsp3) is 0.739. The second-order valence-electron chi connectivity index (χ2n) is 8.93. The van der Waals surface area contributed by atoms with Gasteiger partial charge in [0, 0.05) is 6.04 Å². The maximum Gasteiger partial charge on any atom is 0.343 e. The number of carbonyl (C=O) groups is 1. The Morgan fingerprint density at radius 2 is 1.47 bits per heavy atom. The summed E-state index contributed by atoms with van der Waals surface area (Å²) in [5.74, 6) is -0.303. The molecule has 15 heteroatoms. The van der Waals surface area contributed by atoms with E-state index in [1.54, 1.807) is 0 Å². The number of hydrogen-bond acceptors (Lipinski definition) is 8. The molecule has 1 aromatic heterocycles. The van der Waals surface area contributed by atoms with E-state index in [1.807, 2.05) is 13.8 Å². The van der Waals surface area contributed by atoms with Crippen LogP contribution in [0.1, 0.15) is 86.9 Å². The van der Waals surface area contributed by atoms with Crippen molar-refractivity contribution in [1.29, 1.82) is 0 Å². The Morgan fingerprint density at radius 3 is 1.79 bits per heavy atom. The number of ether oxygens (including phenoxy) is 1. The number of carbonyl (C=O) groups excluding carboxylic acids is 1. The standard InChI is InChI=1S/C11H20FN5.C7H17N5.C5H9FO2.ClH/c1-5-7(6-2)14-10-16-8(11(3,4)12)15-9(13)17-10;1-3-5(4-2)11-7(10)12-6(8)9;1-5(2,6)4(7)8-3;/h7H,5-6H2,1-4H3,(H3,13,14,15,16,17);5H,3-4H2,1-2H3,(H6,8,9,10,11,12);1-3H3;1H. The van der Waals surface area contributed by atoms with Crippen LogP contribution in [0.4, 0.5) is 20.7 Å². The minimum absolute atomic E-state index is 0. The predicted octanol–water partition coefficient (Wildman–Crippen LogP) is 3.35. The van der Waals surface area contributed by atoms with Gasteiger partial charge in [0.25, 0.3) is 0 Å². The summed E-state index contributed by atoms with van der Waals surface area (Å²) < 4.78 is 30.2. The molecule has 0 aromatic carbocycles. The van der Waals surface area contributed by atoms with Gasteiger partial charge in [0.05, 0.1) is 13.2 Å². The first-order valence-corrected chi connectivity index (χ1v) is 12.1. The minimum atomic E-state index is -1.85. The first-order chi connectivity index (χ1) is 16.9. The van der Waals surface area contributed by atoms with Crippen molar-refractivity contribution in [2.24, 2.45) is 27.2 Å². The molecule has 1 aromatic rings. The van der Waals surface area contributed by atoms with Gasteiger partial charge in [0.2, 0.25) is 23.5 Å². The van der Waals surface area contributed by atoms with Crippen molar-refractivity contribution in [1.82, 2.24) is 15.0 Å². The van der Waals surface area contributed by atoms with Gasteiger partial charge >= 0.3 is 5.97 Å². The molecule has 0 saturated carbocycles. The van der Waals surface area contributed by atoms with E-state index in [-0.39, 0.29) is 48.2 Å². The van der Waals surface area contributed by atoms with Crippen molar-refractivity contribution in [3.05, 3.63) is 5.82 Å². The van der Waals surface area contributed by atoms with Crippen LogP contribution in [0.15, 0.2) is 9.98 Å². The van der Waals surface area contributed by atoms with Crippen molar-refractivity contribution in [3.63, 3.8) is 0 Å². The highest BCUT2D eigenvalue weighted by molar-refractivity contribution is 5.92. The molecule has 0 saturated heterocycles. The van der Waals surface area contributed by atoms with Crippen LogP contribution in [0.5, 0.6) is 0 Å². The smallest absolute Gasteiger partial charge is 0.343 e. The Kier molecular flexibility index (Phi) is 19.8. The SMILES string of the molecule is CCC(CC)N=C(N)N=C(N)N.CCC(CC)Nc1nc(N)nc(C(C)(C)F)n1.COC(=O)C(C)(C)F.Cl. The minimum Gasteiger partial charge on any atom is -0.467 e. The van der Waals surface area contributed by atoms with E-state index in [1.165, 1.54) is 13.8 Å². The summed E-state index contributed by atoms with van der Waals surface area (Å²) in [5, 5.41) is 3.12. The molecule has 0 radical (unpaired) electrons. The number of methoxy groups -OCH3 is 1. The number of aromatic nitrogens is 3. The molecule has 0 atom stereocenters. The third kappa shape index (κ3) is 18.3. The summed E-state index contributed by atoms with van der Waals surface area (Å²) in [4.78, 5) is 29.8. The Hall–Kier alpha value is -3.03. The Labute approximate surface area is 231 Å². The monoisotopic (exact) mass is 568 g/mol. The number of alkyl halides is 2. The van der Waals surface area contributed by atoms with Gasteiger partial charge in [-0.3, -0.25) is 0 Å². The highest BCUT2D eigenvalue weighted by Crippen LogP contribution is 2.22. The number of anilines is 2. The summed E-state index contributed by atoms with van der Waals surface area (Å²) >= 11 is 0. The third-order valence-corrected chi connectivity index (χ3v) is 4.68. The lowest BCUT2D eigenvalue weighted by molar-refractivity contribution is -0.152. The van der Waals surface area contributed by atoms with E-state index < -0.39 is 17.3 Å². The van der Waals surface area contributed by atoms with Crippen molar-refractivity contribution in [2.75, 3.05) is 18.2 Å². The van der Waals surface area contributed by atoms with E-state index in [4.69, 9.17) is 22.9 Å². The zero-order valence-electron chi connectivity index (χ0n) is 24.0. The van der Waals surface area contributed by atoms with Gasteiger partial charge in [-0.2, -0.15) is 19.9 Å². The molecule has 0 amide bonds. The average molecular weight is 569 g/mol. The Balaban J connectivity index is -0.000000513. The van der Waals surface area contributed by atoms with Crippen molar-refractivity contribution in [3.8, 4) is 0 Å². The number of aliphatic imine (C=N–C) groups is 2. The highest BCUT2D eigenvalue weighted by atomic mass is 35.5. The molecular weight excluding hydrogens is 522 g/mol. The van der Waals surface area contributed by atoms with E-state index in [9.17, 15) is 13.6 Å². The van der Waals surface area contributed by atoms with Gasteiger partial charge in [-0.15, -0.1) is 12.4 Å². The van der Waals surface area contributed by atoms with Gasteiger partial charge in [-0.25, -0.2) is 18.6 Å². The van der Waals surface area contributed by atoms with Crippen LogP contribution < -0.4 is 28.3 Å². The fourth-order valence-corrected chi connectivity index (χ4v) is 2.46. The lowest BCUT2D eigenvalue weighted by Crippen LogP contribution is -2.27. The number of nitrogens with two attached hydrogens (primary N) is 4. The fourth-order valence-electron chi connectivity index (χ4n) is 2.46. The zero-order valence-corrected chi connectivity index (χ0v) is 24.8. The van der Waals surface area contributed by atoms with Gasteiger partial charge in [0.1, 0.15) is 0 Å². The molecule has 0 unspecified atom stereocenters. The van der Waals surface area contributed by atoms with E-state index in [0.29, 0.717) is 5.95 Å². The van der Waals surface area contributed by atoms with Gasteiger partial charge in [-0.1, -0.05) is 27.7 Å². The number of halogens is 3. The van der Waals surface area contributed by atoms with Crippen LogP contribution >= 0.6 is 12.4 Å². The van der Waals surface area contributed by atoms with Crippen LogP contribution in [0.25, 0.3) is 0 Å². The summed E-state index contributed by atoms with van der Waals surface area (Å²) in [6, 6.07) is 0.473. The van der Waals surface area contributed by atoms with Gasteiger partial charge < -0.3 is 33.0 Å². The van der Waals surface area contributed by atoms with Crippen LogP contribution in [-0.2, 0) is 15.2 Å². The molecule has 0 fully saturated rings. The van der Waals surface area contributed by atoms with Crippen LogP contribution in [0.3, 0.4) is 0 Å². The molecule has 1 heterocycles. The van der Waals surface area contributed by atoms with E-state index >= 15 is 0 Å². The zero-order chi connectivity index (χ0) is 29.4. The van der Waals surface area contributed by atoms with Crippen molar-refractivity contribution < 1.29 is 18.3 Å². The van der Waals surface area contributed by atoms with Crippen LogP contribution in [0.2, 0.25) is 0 Å². The number of esters is 1. The second-order valence-corrected chi connectivity index (χ2v) is 8.93. The molecule has 0 bridgehead atoms. The number of hydrogen-bond donors (Lipinski definition) is 5. The molecule has 1 rings (SSSR count). The van der Waals surface area contributed by atoms with Crippen LogP contribution in [0, 0.1) is 0 Å². The second kappa shape index (κ2) is 19.1. The van der Waals surface area contributed by atoms with Gasteiger partial charge in [-0.05, 0) is 53.4 Å². The predicted molar refractivity (Wildman–Crippen MR) is 153 cm³/mol. The molecule has 222 valence electrons. The molecule has 0 aliphatic carbocycles. The Bertz CT molecular complexity index is 863. The van der Waals surface area contributed by atoms with Gasteiger partial charge in [0.15, 0.2) is 17.5 Å². The van der Waals surface area contributed by atoms with Crippen molar-refractivity contribution in [2.45, 2.75) is 104 Å². The number of guanidine groups is 2. The van der Waals surface area contributed by atoms with E-state index in [0.717, 1.165) is 46.6 Å². The van der Waals surface area contributed by atoms with Crippen LogP contribution in [-0.4, -0.2) is 57.7 Å². The first kappa shape index (κ1) is 39.5. The summed E-state index contributed by atoms with van der Waals surface area (Å²) in [7, 11) is 1.16. The topological polar surface area (TPSA) is 206 Å². The normalized spacial score (nSPS) is 11.3. The highest BCUT2D eigenvalue weighted by Gasteiger charge is 2.27. The molecule has 38 heavy (non-hydrogen) atoms. The van der Waals surface area contributed by atoms with E-state index in [2.05, 4.69) is 48.8 Å². The third-order valence-electron chi connectivity index (χ3n) is 4.68. The number of nitrogens with one attached hydrogen (secondary N) is 1. The average Bonchev–Trinajstić information content (AvgIpc) is 2.79. The number of rotatable bonds is 9. The Morgan fingerprint density at radius 1 is 0.974 bits per heavy atom. The maximum atomic E-state index is 13.7. The number of nitrogens with zero attached hydrogens (tertiary/aromatic N) is 5. The summed E-state index contributed by atoms with van der Waals surface area (Å²) in [6.07, 6.45) is 3.77. The summed E-state index contributed by atoms with van der Waals surface area (Å²) in [5.41, 5.74) is 17.7. The molecular formula is C23H47ClF2N10O2. The first-order valence-electron chi connectivity index (χ1n) is 12.1. The lowest BCUT2D eigenvalue weighted by atomic mass is 10.1. The summed E-state index contributed by atoms with van der Waals surface area (Å²) in [6.45, 7) is 13.3. The molecule has 9 N–H and O–H groups in total. The maximum absolute atomic E-state index is 13.7. The quantitative estimate of drug-likeness (QED) is 0.167. The largest absolute Gasteiger partial charge is 0.467 e. The number of nitrogen functional groups attached to an aromatic ring is 1. The lowest BCUT2D eigenvalue weighted by Gasteiger charge is -2.17. The molecule has 12 nitrogen and oxygen atoms in total. The molecule has 0 aliphatic heterocycles. The van der Waals surface area contributed by atoms with Crippen molar-refractivity contribution >= 4 is 42.2 Å². The molecule has 0 spiro atoms.